The predicted octanol–water partition coefficient (Wildman–Crippen LogP) is 1.21. The maximum absolute atomic E-state index is 12.1. The van der Waals surface area contributed by atoms with Crippen molar-refractivity contribution in [2.45, 2.75) is 59.2 Å². The molecule has 0 radical (unpaired) electrons. The molecule has 7 heteroatoms. The van der Waals surface area contributed by atoms with Crippen LogP contribution in [-0.4, -0.2) is 42.8 Å². The monoisotopic (exact) mass is 302 g/mol. The quantitative estimate of drug-likeness (QED) is 0.745. The number of nitrogens with one attached hydrogen (secondary N) is 2. The van der Waals surface area contributed by atoms with Gasteiger partial charge in [-0.1, -0.05) is 13.8 Å². The summed E-state index contributed by atoms with van der Waals surface area (Å²) < 4.78 is 9.65. The predicted molar refractivity (Wildman–Crippen MR) is 77.6 cm³/mol. The molecule has 0 spiro atoms. The largest absolute Gasteiger partial charge is 0.467 e. The Hall–Kier alpha value is -1.79. The minimum atomic E-state index is -0.799. The minimum Gasteiger partial charge on any atom is -0.467 e. The van der Waals surface area contributed by atoms with Crippen LogP contribution in [0.3, 0.4) is 0 Å². The molecule has 0 saturated heterocycles. The van der Waals surface area contributed by atoms with E-state index in [1.165, 1.54) is 14.0 Å². The van der Waals surface area contributed by atoms with Crippen LogP contribution in [0, 0.1) is 5.92 Å². The van der Waals surface area contributed by atoms with Gasteiger partial charge in [0.1, 0.15) is 17.7 Å². The number of carbonyl (C=O) groups excluding carboxylic acids is 3. The molecule has 2 atom stereocenters. The number of hydrogen-bond donors (Lipinski definition) is 2. The second kappa shape index (κ2) is 7.85. The zero-order chi connectivity index (χ0) is 16.8. The Kier molecular flexibility index (Phi) is 7.18. The molecule has 0 saturated carbocycles. The first kappa shape index (κ1) is 19.2. The van der Waals surface area contributed by atoms with Crippen LogP contribution in [0.2, 0.25) is 0 Å². The number of ether oxygens (including phenoxy) is 2. The fourth-order valence-corrected chi connectivity index (χ4v) is 1.51. The SMILES string of the molecule is COC(=O)[C@H](C)NC(=O)C(NC(=O)OC(C)(C)C)C(C)C. The van der Waals surface area contributed by atoms with Gasteiger partial charge in [0, 0.05) is 0 Å². The average molecular weight is 302 g/mol. The first-order valence-electron chi connectivity index (χ1n) is 6.85. The molecule has 0 heterocycles. The Bertz CT molecular complexity index is 387. The Morgan fingerprint density at radius 3 is 1.90 bits per heavy atom. The minimum absolute atomic E-state index is 0.164. The molecule has 0 aliphatic heterocycles. The van der Waals surface area contributed by atoms with Gasteiger partial charge in [-0.25, -0.2) is 9.59 Å². The third-order valence-corrected chi connectivity index (χ3v) is 2.53. The number of methoxy groups -OCH3 is 1. The lowest BCUT2D eigenvalue weighted by atomic mass is 10.0. The Morgan fingerprint density at radius 2 is 1.52 bits per heavy atom. The van der Waals surface area contributed by atoms with Crippen LogP contribution >= 0.6 is 0 Å². The molecule has 2 amide bonds. The van der Waals surface area contributed by atoms with Crippen LogP contribution in [0.25, 0.3) is 0 Å². The molecule has 2 N–H and O–H groups in total. The standard InChI is InChI=1S/C14H26N2O5/c1-8(2)10(16-13(19)21-14(4,5)6)11(17)15-9(3)12(18)20-7/h8-10H,1-7H3,(H,15,17)(H,16,19)/t9-,10?/m0/s1. The summed E-state index contributed by atoms with van der Waals surface area (Å²) in [5.74, 6) is -1.18. The summed E-state index contributed by atoms with van der Waals surface area (Å²) in [6.45, 7) is 10.3. The van der Waals surface area contributed by atoms with E-state index in [2.05, 4.69) is 15.4 Å². The van der Waals surface area contributed by atoms with Gasteiger partial charge < -0.3 is 20.1 Å². The molecule has 0 aromatic carbocycles. The van der Waals surface area contributed by atoms with Crippen LogP contribution in [0.5, 0.6) is 0 Å². The Morgan fingerprint density at radius 1 is 1.00 bits per heavy atom. The molecular formula is C14H26N2O5. The number of hydrogen-bond acceptors (Lipinski definition) is 5. The number of carbonyl (C=O) groups is 3. The second-order valence-corrected chi connectivity index (χ2v) is 6.12. The van der Waals surface area contributed by atoms with Crippen LogP contribution in [0.15, 0.2) is 0 Å². The average Bonchev–Trinajstić information content (AvgIpc) is 2.31. The fraction of sp³-hybridized carbons (Fsp3) is 0.786. The van der Waals surface area contributed by atoms with E-state index in [1.54, 1.807) is 34.6 Å². The van der Waals surface area contributed by atoms with Crippen LogP contribution in [0.4, 0.5) is 4.79 Å². The lowest BCUT2D eigenvalue weighted by Gasteiger charge is -2.26. The lowest BCUT2D eigenvalue weighted by Crippen LogP contribution is -2.53. The van der Waals surface area contributed by atoms with Crippen molar-refractivity contribution in [1.29, 1.82) is 0 Å². The summed E-state index contributed by atoms with van der Waals surface area (Å²) in [6.07, 6.45) is -0.679. The molecule has 0 aromatic rings. The van der Waals surface area contributed by atoms with E-state index in [-0.39, 0.29) is 5.92 Å². The third-order valence-electron chi connectivity index (χ3n) is 2.53. The molecule has 0 aliphatic carbocycles. The van der Waals surface area contributed by atoms with E-state index in [9.17, 15) is 14.4 Å². The molecular weight excluding hydrogens is 276 g/mol. The van der Waals surface area contributed by atoms with Crippen LogP contribution < -0.4 is 10.6 Å². The molecule has 0 aromatic heterocycles. The highest BCUT2D eigenvalue weighted by atomic mass is 16.6. The van der Waals surface area contributed by atoms with Crippen molar-refractivity contribution < 1.29 is 23.9 Å². The molecule has 122 valence electrons. The van der Waals surface area contributed by atoms with Gasteiger partial charge in [-0.3, -0.25) is 4.79 Å². The highest BCUT2D eigenvalue weighted by Gasteiger charge is 2.28. The van der Waals surface area contributed by atoms with Crippen LogP contribution in [0.1, 0.15) is 41.5 Å². The smallest absolute Gasteiger partial charge is 0.408 e. The van der Waals surface area contributed by atoms with Gasteiger partial charge in [-0.05, 0) is 33.6 Å². The third kappa shape index (κ3) is 7.53. The van der Waals surface area contributed by atoms with E-state index < -0.39 is 35.7 Å². The normalized spacial score (nSPS) is 14.1. The Labute approximate surface area is 125 Å². The van der Waals surface area contributed by atoms with Gasteiger partial charge in [0.15, 0.2) is 0 Å². The van der Waals surface area contributed by atoms with Crippen molar-refractivity contribution in [3.63, 3.8) is 0 Å². The Balaban J connectivity index is 4.72. The van der Waals surface area contributed by atoms with E-state index in [1.807, 2.05) is 0 Å². The maximum Gasteiger partial charge on any atom is 0.408 e. The molecule has 0 rings (SSSR count). The topological polar surface area (TPSA) is 93.7 Å². The van der Waals surface area contributed by atoms with Crippen LogP contribution in [-0.2, 0) is 19.1 Å². The summed E-state index contributed by atoms with van der Waals surface area (Å²) >= 11 is 0. The van der Waals surface area contributed by atoms with Gasteiger partial charge in [0.05, 0.1) is 7.11 Å². The summed E-state index contributed by atoms with van der Waals surface area (Å²) in [4.78, 5) is 35.2. The molecule has 0 fully saturated rings. The summed E-state index contributed by atoms with van der Waals surface area (Å²) in [6, 6.07) is -1.59. The van der Waals surface area contributed by atoms with Crippen molar-refractivity contribution in [2.75, 3.05) is 7.11 Å². The molecule has 1 unspecified atom stereocenters. The van der Waals surface area contributed by atoms with Gasteiger partial charge in [0.2, 0.25) is 5.91 Å². The lowest BCUT2D eigenvalue weighted by molar-refractivity contribution is -0.144. The number of esters is 1. The summed E-state index contributed by atoms with van der Waals surface area (Å²) in [5.41, 5.74) is -0.651. The zero-order valence-corrected chi connectivity index (χ0v) is 13.8. The van der Waals surface area contributed by atoms with Crippen molar-refractivity contribution in [3.05, 3.63) is 0 Å². The first-order valence-corrected chi connectivity index (χ1v) is 6.85. The molecule has 21 heavy (non-hydrogen) atoms. The number of rotatable bonds is 5. The zero-order valence-electron chi connectivity index (χ0n) is 13.8. The first-order chi connectivity index (χ1) is 9.47. The van der Waals surface area contributed by atoms with E-state index in [0.29, 0.717) is 0 Å². The molecule has 0 aliphatic rings. The molecule has 0 bridgehead atoms. The molecule has 7 nitrogen and oxygen atoms in total. The van der Waals surface area contributed by atoms with E-state index in [4.69, 9.17) is 4.74 Å². The van der Waals surface area contributed by atoms with Crippen molar-refractivity contribution >= 4 is 18.0 Å². The van der Waals surface area contributed by atoms with Crippen molar-refractivity contribution in [1.82, 2.24) is 10.6 Å². The van der Waals surface area contributed by atoms with E-state index >= 15 is 0 Å². The fourth-order valence-electron chi connectivity index (χ4n) is 1.51. The number of alkyl carbamates (subject to hydrolysis) is 1. The highest BCUT2D eigenvalue weighted by molar-refractivity contribution is 5.89. The highest BCUT2D eigenvalue weighted by Crippen LogP contribution is 2.09. The van der Waals surface area contributed by atoms with Crippen molar-refractivity contribution in [2.24, 2.45) is 5.92 Å². The van der Waals surface area contributed by atoms with Gasteiger partial charge in [0.25, 0.3) is 0 Å². The van der Waals surface area contributed by atoms with Gasteiger partial charge in [-0.15, -0.1) is 0 Å². The van der Waals surface area contributed by atoms with E-state index in [0.717, 1.165) is 0 Å². The van der Waals surface area contributed by atoms with Crippen molar-refractivity contribution in [3.8, 4) is 0 Å². The summed E-state index contributed by atoms with van der Waals surface area (Å²) in [7, 11) is 1.24. The number of amides is 2. The maximum atomic E-state index is 12.1. The second-order valence-electron chi connectivity index (χ2n) is 6.12. The summed E-state index contributed by atoms with van der Waals surface area (Å²) in [5, 5.41) is 5.01. The van der Waals surface area contributed by atoms with Gasteiger partial charge in [-0.2, -0.15) is 0 Å². The van der Waals surface area contributed by atoms with Gasteiger partial charge >= 0.3 is 12.1 Å².